The minimum atomic E-state index is -4.13. The van der Waals surface area contributed by atoms with Gasteiger partial charge in [-0.05, 0) is 271 Å². The van der Waals surface area contributed by atoms with E-state index >= 15 is 4.39 Å². The largest absolute Gasteiger partial charge is 0.494 e. The normalized spacial score (nSPS) is 14.0. The van der Waals surface area contributed by atoms with Crippen molar-refractivity contribution in [2.45, 2.75) is 130 Å². The molecule has 1 aliphatic carbocycles. The Morgan fingerprint density at radius 1 is 0.479 bits per heavy atom. The van der Waals surface area contributed by atoms with Gasteiger partial charge in [-0.1, -0.05) is 119 Å². The molecule has 45 heteroatoms. The molecule has 0 amide bonds. The first-order chi connectivity index (χ1) is 64.5. The molecule has 0 bridgehead atoms. The van der Waals surface area contributed by atoms with Crippen LogP contribution in [0.15, 0.2) is 247 Å². The van der Waals surface area contributed by atoms with Crippen molar-refractivity contribution >= 4 is 213 Å². The molecule has 8 aromatic carbocycles. The first kappa shape index (κ1) is 115. The van der Waals surface area contributed by atoms with Crippen LogP contribution in [0, 0.1) is 63.1 Å². The van der Waals surface area contributed by atoms with Gasteiger partial charge in [-0.15, -0.1) is 25.0 Å². The average molecular weight is 2230 g/mol. The molecule has 7 aromatic heterocycles. The van der Waals surface area contributed by atoms with Gasteiger partial charge >= 0.3 is 19.3 Å². The highest BCUT2D eigenvalue weighted by Crippen LogP contribution is 2.39. The zero-order chi connectivity index (χ0) is 99.9. The highest BCUT2D eigenvalue weighted by atomic mass is 79.9. The van der Waals surface area contributed by atoms with Crippen LogP contribution >= 0.6 is 103 Å². The first-order valence-corrected chi connectivity index (χ1v) is 49.9. The number of nitrogens with two attached hydrogens (primary N) is 2. The highest BCUT2D eigenvalue weighted by molar-refractivity contribution is 9.10. The monoisotopic (exact) mass is 2220 g/mol. The number of aromatic nitrogens is 10. The molecule has 1 saturated heterocycles. The molecule has 0 spiro atoms. The molecule has 0 radical (unpaired) electrons. The van der Waals surface area contributed by atoms with Gasteiger partial charge in [0.1, 0.15) is 21.4 Å². The summed E-state index contributed by atoms with van der Waals surface area (Å²) >= 11 is 33.8. The molecule has 15 aromatic rings. The summed E-state index contributed by atoms with van der Waals surface area (Å²) in [5, 5.41) is 6.49. The van der Waals surface area contributed by atoms with Gasteiger partial charge in [0.25, 0.3) is 20.0 Å². The van der Waals surface area contributed by atoms with Gasteiger partial charge in [0.2, 0.25) is 5.95 Å². The fraction of sp³-hybridized carbons (Fsp3) is 0.221. The summed E-state index contributed by atoms with van der Waals surface area (Å²) < 4.78 is 175. The third kappa shape index (κ3) is 30.2. The summed E-state index contributed by atoms with van der Waals surface area (Å²) in [6.07, 6.45) is 7.46. The molecule has 1 saturated carbocycles. The Hall–Kier alpha value is -10.8. The van der Waals surface area contributed by atoms with Crippen LogP contribution in [0.3, 0.4) is 0 Å². The summed E-state index contributed by atoms with van der Waals surface area (Å²) in [5.41, 5.74) is 18.8. The molecule has 1 aliphatic heterocycles. The number of aryl methyl sites for hydroxylation is 4. The number of hydrogen-bond acceptors (Lipinski definition) is 24. The fourth-order valence-corrected chi connectivity index (χ4v) is 19.4. The minimum absolute atomic E-state index is 0. The van der Waals surface area contributed by atoms with E-state index < -0.39 is 84.0 Å². The zero-order valence-electron chi connectivity index (χ0n) is 77.0. The number of nitrogens with zero attached hydrogens (tertiary/aromatic N) is 12. The number of nitrogen functional groups attached to an aromatic ring is 2. The van der Waals surface area contributed by atoms with Gasteiger partial charge in [-0.2, -0.15) is 8.78 Å². The van der Waals surface area contributed by atoms with E-state index in [1.54, 1.807) is 82.4 Å². The summed E-state index contributed by atoms with van der Waals surface area (Å²) in [6, 6.07) is 55.0. The Morgan fingerprint density at radius 3 is 1.36 bits per heavy atom. The van der Waals surface area contributed by atoms with Gasteiger partial charge in [0, 0.05) is 109 Å². The molecule has 17 rings (SSSR count). The second-order valence-corrected chi connectivity index (χ2v) is 41.6. The number of anilines is 6. The second-order valence-electron chi connectivity index (χ2n) is 32.5. The molecule has 140 heavy (non-hydrogen) atoms. The molecule has 0 unspecified atom stereocenters. The quantitative estimate of drug-likeness (QED) is 0.0172. The number of pyridine rings is 4. The van der Waals surface area contributed by atoms with E-state index in [0.717, 1.165) is 69.6 Å². The fourth-order valence-electron chi connectivity index (χ4n) is 13.6. The lowest BCUT2D eigenvalue weighted by Crippen LogP contribution is -2.41. The van der Waals surface area contributed by atoms with E-state index in [-0.39, 0.29) is 81.6 Å². The maximum atomic E-state index is 15.1. The summed E-state index contributed by atoms with van der Waals surface area (Å²) in [6.45, 7) is 14.8. The van der Waals surface area contributed by atoms with Crippen molar-refractivity contribution in [3.05, 3.63) is 312 Å². The topological polar surface area (TPSA) is 407 Å². The van der Waals surface area contributed by atoms with E-state index in [2.05, 4.69) is 128 Å². The third-order valence-electron chi connectivity index (χ3n) is 21.7. The molecule has 2 aliphatic rings. The van der Waals surface area contributed by atoms with Crippen molar-refractivity contribution < 1.29 is 71.9 Å². The standard InChI is InChI=1S/C29H31ClFN5O2S.C20H13ClF2N4O2S.C14H16BFN2O2.C12H9BrClFN2O2S.C8H12N2.C6H6BrFN2.C6H5ClS.ClH.2H2O/c1-18-23(15-25(31)27(33-18)17-39(37,38)28-7-5-4-6-24(28)30)19-8-13-26-20(14-19)16-32-29(35-26)34-21-9-11-22(12-10-21)36(2)3;1-11-14(12-6-7-17-13(8-12)10-24-20(23)26-17)9-16(22)19(25-11)27-30(28,29)18-5-3-2-4-15(18)21;1-13(2)14(3,4)20-15(19-13)10-5-6-11-9(7-10)8-17-12(16)18-11;1-7-8(13)6-10(15)12(16-7)17-20(18,19)11-5-3-2-4-9(11)14;1-10(2)8-5-3-7(9)4-6-8;1-3-4(7)2-5(8)6(9)10-3;7-5-3-1-2-4-6(5)8;;;/h4-8,13-16,21-22H,9-12,17H2,1-3H3,(H,32,34,35);2-10H,1H3,(H,25,27);5-8H,1-4H3;2-6H,1H3,(H,16,17);3-6H,9H2,1-2H3;2H,1H3,(H2,9,10);1-4,8H;1H;2*1H2. The zero-order valence-corrected chi connectivity index (χ0v) is 87.3. The molecule has 27 nitrogen and oxygen atoms in total. The van der Waals surface area contributed by atoms with Crippen LogP contribution in [0.5, 0.6) is 0 Å². The number of sulfone groups is 1. The Bertz CT molecular complexity index is 7220. The van der Waals surface area contributed by atoms with E-state index in [1.165, 1.54) is 84.8 Å². The van der Waals surface area contributed by atoms with Crippen molar-refractivity contribution in [3.8, 4) is 22.3 Å². The second kappa shape index (κ2) is 49.8. The number of rotatable bonds is 16. The van der Waals surface area contributed by atoms with Gasteiger partial charge in [0.15, 0.2) is 44.7 Å². The van der Waals surface area contributed by atoms with Crippen LogP contribution < -0.4 is 36.6 Å². The SMILES string of the molecule is CC1(C)OB(c2ccc3nc(F)ncc3c2)OC1(C)C.CN(C)c1ccc(N)cc1.Cc1nc(CS(=O)(=O)c2ccccc2Cl)c(F)cc1-c1ccc2nc(NC3CCC(N(C)C)CC3)ncc2c1.Cc1nc(N)c(F)cc1Br.Cc1nc(NS(=O)(=O)c2ccccc2Cl)c(F)cc1-c1ccc2nc(F)ncc2c1.Cc1nc(NS(=O)(=O)c2ccccc2Cl)c(F)cc1Br.Cl.O.O.Sc1ccccc1Cl. The van der Waals surface area contributed by atoms with Crippen LogP contribution in [0.1, 0.15) is 81.8 Å². The van der Waals surface area contributed by atoms with Gasteiger partial charge in [0.05, 0.1) is 69.8 Å². The Kier molecular flexibility index (Phi) is 40.7. The molecule has 0 atom stereocenters. The van der Waals surface area contributed by atoms with Gasteiger partial charge in [-0.3, -0.25) is 14.4 Å². The number of sulfonamides is 2. The molecule has 740 valence electrons. The Morgan fingerprint density at radius 2 is 0.893 bits per heavy atom. The summed E-state index contributed by atoms with van der Waals surface area (Å²) in [7, 11) is -4.16. The lowest BCUT2D eigenvalue weighted by molar-refractivity contribution is 0.00578. The Balaban J connectivity index is 0.000000212. The smallest absolute Gasteiger partial charge is 0.412 e. The first-order valence-electron chi connectivity index (χ1n) is 41.7. The number of halogens is 13. The summed E-state index contributed by atoms with van der Waals surface area (Å²) in [4.78, 5) is 44.5. The lowest BCUT2D eigenvalue weighted by atomic mass is 9.78. The van der Waals surface area contributed by atoms with Crippen molar-refractivity contribution in [1.29, 1.82) is 0 Å². The maximum absolute atomic E-state index is 15.1. The van der Waals surface area contributed by atoms with Crippen LogP contribution in [-0.2, 0) is 44.9 Å². The highest BCUT2D eigenvalue weighted by Gasteiger charge is 2.52. The van der Waals surface area contributed by atoms with Crippen LogP contribution in [0.4, 0.5) is 61.1 Å². The van der Waals surface area contributed by atoms with E-state index in [9.17, 15) is 47.2 Å². The van der Waals surface area contributed by atoms with E-state index in [4.69, 9.17) is 67.2 Å². The van der Waals surface area contributed by atoms with Gasteiger partial charge in [-0.25, -0.2) is 87.7 Å². The predicted molar refractivity (Wildman–Crippen MR) is 556 cm³/mol. The van der Waals surface area contributed by atoms with Crippen LogP contribution in [0.2, 0.25) is 20.1 Å². The molecular weight excluding hydrogens is 2130 g/mol. The van der Waals surface area contributed by atoms with Gasteiger partial charge < -0.3 is 46.8 Å². The molecule has 2 fully saturated rings. The number of thiol groups is 1. The number of hydrogen-bond donors (Lipinski definition) is 6. The van der Waals surface area contributed by atoms with Crippen molar-refractivity contribution in [3.63, 3.8) is 0 Å². The van der Waals surface area contributed by atoms with E-state index in [1.807, 2.05) is 126 Å². The maximum Gasteiger partial charge on any atom is 0.494 e. The molecular formula is C95H97BBr2Cl5F6N17O10S4. The predicted octanol–water partition coefficient (Wildman–Crippen LogP) is 21.2. The van der Waals surface area contributed by atoms with Crippen LogP contribution in [-0.4, -0.2) is 150 Å². The third-order valence-corrected chi connectivity index (χ3v) is 30.0. The Labute approximate surface area is 855 Å². The number of benzene rings is 8. The lowest BCUT2D eigenvalue weighted by Gasteiger charge is -2.32. The van der Waals surface area contributed by atoms with E-state index in [0.29, 0.717) is 87.9 Å². The van der Waals surface area contributed by atoms with Crippen molar-refractivity contribution in [2.75, 3.05) is 59.3 Å². The van der Waals surface area contributed by atoms with Crippen molar-refractivity contribution in [1.82, 2.24) is 54.7 Å². The van der Waals surface area contributed by atoms with Crippen LogP contribution in [0.25, 0.3) is 55.0 Å². The molecule has 11 N–H and O–H groups in total. The minimum Gasteiger partial charge on any atom is -0.412 e. The summed E-state index contributed by atoms with van der Waals surface area (Å²) in [5.74, 6) is -3.66. The number of fused-ring (bicyclic) bond motifs is 3. The molecule has 8 heterocycles. The van der Waals surface area contributed by atoms with Crippen molar-refractivity contribution in [2.24, 2.45) is 0 Å². The average Bonchev–Trinajstić information content (AvgIpc) is 1.68. The number of nitrogens with one attached hydrogen (secondary N) is 3.